The van der Waals surface area contributed by atoms with Crippen molar-refractivity contribution in [1.82, 2.24) is 20.5 Å². The van der Waals surface area contributed by atoms with Gasteiger partial charge in [-0.1, -0.05) is 19.9 Å². The second kappa shape index (κ2) is 13.9. The number of ether oxygens (including phenoxy) is 2. The second-order valence-electron chi connectivity index (χ2n) is 7.18. The molecule has 0 saturated carbocycles. The molecule has 1 aromatic heterocycles. The Balaban J connectivity index is 0.00000392. The number of pyridine rings is 1. The van der Waals surface area contributed by atoms with Gasteiger partial charge in [-0.2, -0.15) is 0 Å². The van der Waals surface area contributed by atoms with Crippen LogP contribution < -0.4 is 15.4 Å². The van der Waals surface area contributed by atoms with E-state index in [1.165, 1.54) is 0 Å². The van der Waals surface area contributed by atoms with Crippen LogP contribution in [-0.4, -0.2) is 68.4 Å². The smallest absolute Gasteiger partial charge is 0.218 e. The highest BCUT2D eigenvalue weighted by Gasteiger charge is 2.22. The summed E-state index contributed by atoms with van der Waals surface area (Å²) < 4.78 is 10.8. The summed E-state index contributed by atoms with van der Waals surface area (Å²) in [5.74, 6) is 2.10. The maximum absolute atomic E-state index is 5.51. The molecule has 1 saturated heterocycles. The van der Waals surface area contributed by atoms with Crippen LogP contribution in [0.4, 0.5) is 0 Å². The highest BCUT2D eigenvalue weighted by atomic mass is 127. The minimum absolute atomic E-state index is 0. The number of aromatic nitrogens is 1. The molecule has 8 heteroatoms. The maximum atomic E-state index is 5.51. The van der Waals surface area contributed by atoms with Gasteiger partial charge in [-0.25, -0.2) is 9.98 Å². The maximum Gasteiger partial charge on any atom is 0.218 e. The molecule has 160 valence electrons. The summed E-state index contributed by atoms with van der Waals surface area (Å²) in [4.78, 5) is 11.5. The summed E-state index contributed by atoms with van der Waals surface area (Å²) >= 11 is 0. The summed E-state index contributed by atoms with van der Waals surface area (Å²) in [6, 6.07) is 4.38. The van der Waals surface area contributed by atoms with Gasteiger partial charge >= 0.3 is 0 Å². The van der Waals surface area contributed by atoms with Crippen LogP contribution >= 0.6 is 24.0 Å². The molecular formula is C20H36IN5O2. The molecule has 7 nitrogen and oxygen atoms in total. The van der Waals surface area contributed by atoms with Crippen LogP contribution in [0, 0.1) is 5.92 Å². The minimum Gasteiger partial charge on any atom is -0.481 e. The van der Waals surface area contributed by atoms with Gasteiger partial charge in [0.2, 0.25) is 5.88 Å². The van der Waals surface area contributed by atoms with Crippen molar-refractivity contribution in [3.8, 4) is 5.88 Å². The summed E-state index contributed by atoms with van der Waals surface area (Å²) in [6.07, 6.45) is 2.89. The number of aliphatic imine (C=N–C) groups is 1. The molecule has 0 aromatic carbocycles. The molecule has 2 heterocycles. The van der Waals surface area contributed by atoms with Gasteiger partial charge in [0.15, 0.2) is 5.96 Å². The van der Waals surface area contributed by atoms with Crippen molar-refractivity contribution < 1.29 is 9.47 Å². The number of guanidine groups is 1. The largest absolute Gasteiger partial charge is 0.481 e. The zero-order valence-electron chi connectivity index (χ0n) is 17.6. The normalized spacial score (nSPS) is 16.4. The van der Waals surface area contributed by atoms with Gasteiger partial charge in [-0.05, 0) is 25.3 Å². The fourth-order valence-electron chi connectivity index (χ4n) is 3.30. The average Bonchev–Trinajstić information content (AvgIpc) is 2.69. The Morgan fingerprint density at radius 3 is 2.71 bits per heavy atom. The standard InChI is InChI=1S/C20H35N5O2.HI/c1-5-21-20(23-14-17-7-6-8-22-19(17)26-4)24-15-18(13-16(2)3)25-9-11-27-12-10-25;/h6-8,16,18H,5,9-15H2,1-4H3,(H2,21,23,24);1H. The summed E-state index contributed by atoms with van der Waals surface area (Å²) in [5.41, 5.74) is 0.976. The third kappa shape index (κ3) is 8.48. The van der Waals surface area contributed by atoms with Crippen LogP contribution in [-0.2, 0) is 11.3 Å². The van der Waals surface area contributed by atoms with Gasteiger partial charge < -0.3 is 20.1 Å². The Morgan fingerprint density at radius 1 is 1.32 bits per heavy atom. The van der Waals surface area contributed by atoms with Crippen LogP contribution in [0.15, 0.2) is 23.3 Å². The second-order valence-corrected chi connectivity index (χ2v) is 7.18. The van der Waals surface area contributed by atoms with E-state index in [0.717, 1.165) is 57.3 Å². The number of halogens is 1. The first-order valence-corrected chi connectivity index (χ1v) is 9.95. The van der Waals surface area contributed by atoms with Crippen LogP contribution in [0.1, 0.15) is 32.8 Å². The third-order valence-electron chi connectivity index (χ3n) is 4.61. The van der Waals surface area contributed by atoms with E-state index in [2.05, 4.69) is 41.3 Å². The summed E-state index contributed by atoms with van der Waals surface area (Å²) in [5, 5.41) is 6.86. The van der Waals surface area contributed by atoms with Gasteiger partial charge in [0.1, 0.15) is 0 Å². The van der Waals surface area contributed by atoms with Crippen LogP contribution in [0.3, 0.4) is 0 Å². The molecule has 1 fully saturated rings. The molecule has 0 amide bonds. The topological polar surface area (TPSA) is 71.0 Å². The fraction of sp³-hybridized carbons (Fsp3) is 0.700. The lowest BCUT2D eigenvalue weighted by molar-refractivity contribution is 0.0132. The van der Waals surface area contributed by atoms with Crippen molar-refractivity contribution in [2.45, 2.75) is 39.8 Å². The molecule has 1 unspecified atom stereocenters. The molecule has 1 aliphatic rings. The lowest BCUT2D eigenvalue weighted by Gasteiger charge is -2.35. The molecule has 2 rings (SSSR count). The minimum atomic E-state index is 0. The zero-order chi connectivity index (χ0) is 19.5. The van der Waals surface area contributed by atoms with Crippen molar-refractivity contribution in [3.05, 3.63) is 23.9 Å². The number of hydrogen-bond donors (Lipinski definition) is 2. The Morgan fingerprint density at radius 2 is 2.07 bits per heavy atom. The highest BCUT2D eigenvalue weighted by Crippen LogP contribution is 2.15. The molecule has 1 aromatic rings. The fourth-order valence-corrected chi connectivity index (χ4v) is 3.30. The Labute approximate surface area is 186 Å². The first kappa shape index (κ1) is 24.9. The van der Waals surface area contributed by atoms with E-state index in [4.69, 9.17) is 14.5 Å². The van der Waals surface area contributed by atoms with Crippen molar-refractivity contribution in [2.24, 2.45) is 10.9 Å². The van der Waals surface area contributed by atoms with Gasteiger partial charge in [0, 0.05) is 44.0 Å². The monoisotopic (exact) mass is 505 g/mol. The van der Waals surface area contributed by atoms with E-state index in [-0.39, 0.29) is 24.0 Å². The Hall–Kier alpha value is -1.13. The first-order chi connectivity index (χ1) is 13.1. The molecule has 0 radical (unpaired) electrons. The molecule has 2 N–H and O–H groups in total. The van der Waals surface area contributed by atoms with E-state index >= 15 is 0 Å². The van der Waals surface area contributed by atoms with Crippen molar-refractivity contribution >= 4 is 29.9 Å². The predicted octanol–water partition coefficient (Wildman–Crippen LogP) is 2.51. The molecular weight excluding hydrogens is 469 g/mol. The van der Waals surface area contributed by atoms with Crippen molar-refractivity contribution in [2.75, 3.05) is 46.5 Å². The predicted molar refractivity (Wildman–Crippen MR) is 125 cm³/mol. The first-order valence-electron chi connectivity index (χ1n) is 9.95. The van der Waals surface area contributed by atoms with E-state index in [1.54, 1.807) is 13.3 Å². The van der Waals surface area contributed by atoms with Gasteiger partial charge in [0.25, 0.3) is 0 Å². The number of nitrogens with zero attached hydrogens (tertiary/aromatic N) is 3. The zero-order valence-corrected chi connectivity index (χ0v) is 19.9. The summed E-state index contributed by atoms with van der Waals surface area (Å²) in [6.45, 7) is 12.5. The molecule has 0 aliphatic carbocycles. The summed E-state index contributed by atoms with van der Waals surface area (Å²) in [7, 11) is 1.64. The quantitative estimate of drug-likeness (QED) is 0.306. The Kier molecular flexibility index (Phi) is 12.4. The number of morpholine rings is 1. The number of hydrogen-bond acceptors (Lipinski definition) is 5. The molecule has 0 spiro atoms. The lowest BCUT2D eigenvalue weighted by Crippen LogP contribution is -2.51. The van der Waals surface area contributed by atoms with Crippen molar-refractivity contribution in [3.63, 3.8) is 0 Å². The molecule has 1 aliphatic heterocycles. The molecule has 1 atom stereocenters. The van der Waals surface area contributed by atoms with Crippen molar-refractivity contribution in [1.29, 1.82) is 0 Å². The van der Waals surface area contributed by atoms with Gasteiger partial charge in [-0.3, -0.25) is 4.90 Å². The van der Waals surface area contributed by atoms with Crippen LogP contribution in [0.5, 0.6) is 5.88 Å². The van der Waals surface area contributed by atoms with Gasteiger partial charge in [0.05, 0.1) is 26.9 Å². The highest BCUT2D eigenvalue weighted by molar-refractivity contribution is 14.0. The van der Waals surface area contributed by atoms with E-state index in [0.29, 0.717) is 24.4 Å². The lowest BCUT2D eigenvalue weighted by atomic mass is 10.0. The van der Waals surface area contributed by atoms with E-state index in [9.17, 15) is 0 Å². The average molecular weight is 505 g/mol. The Bertz CT molecular complexity index is 579. The molecule has 28 heavy (non-hydrogen) atoms. The SMILES string of the molecule is CCNC(=NCc1cccnc1OC)NCC(CC(C)C)N1CCOCC1.I. The van der Waals surface area contributed by atoms with E-state index < -0.39 is 0 Å². The van der Waals surface area contributed by atoms with Crippen LogP contribution in [0.25, 0.3) is 0 Å². The molecule has 0 bridgehead atoms. The van der Waals surface area contributed by atoms with Crippen LogP contribution in [0.2, 0.25) is 0 Å². The number of rotatable bonds is 9. The number of methoxy groups -OCH3 is 1. The van der Waals surface area contributed by atoms with Gasteiger partial charge in [-0.15, -0.1) is 24.0 Å². The third-order valence-corrected chi connectivity index (χ3v) is 4.61. The number of nitrogens with one attached hydrogen (secondary N) is 2. The van der Waals surface area contributed by atoms with E-state index in [1.807, 2.05) is 12.1 Å².